The molecule has 2 nitrogen and oxygen atoms in total. The second-order valence-corrected chi connectivity index (χ2v) is 10.1. The van der Waals surface area contributed by atoms with E-state index in [1.165, 1.54) is 0 Å². The van der Waals surface area contributed by atoms with Gasteiger partial charge in [0.15, 0.2) is 14.1 Å². The van der Waals surface area contributed by atoms with E-state index in [1.807, 2.05) is 13.8 Å². The summed E-state index contributed by atoms with van der Waals surface area (Å²) in [4.78, 5) is 11.4. The van der Waals surface area contributed by atoms with Crippen molar-refractivity contribution in [3.8, 4) is 0 Å². The number of Topliss-reactive ketones (excluding diaryl/α,β-unsaturated/α-hetero) is 1. The van der Waals surface area contributed by atoms with Crippen molar-refractivity contribution in [1.82, 2.24) is 0 Å². The maximum Gasteiger partial charge on any atom is 0.193 e. The van der Waals surface area contributed by atoms with E-state index in [9.17, 15) is 4.79 Å². The third-order valence-electron chi connectivity index (χ3n) is 3.08. The number of hydrogen-bond acceptors (Lipinski definition) is 2. The molecule has 0 saturated heterocycles. The van der Waals surface area contributed by atoms with Crippen LogP contribution >= 0.6 is 0 Å². The third-order valence-corrected chi connectivity index (χ3v) is 7.63. The zero-order chi connectivity index (χ0) is 11.6. The fourth-order valence-electron chi connectivity index (χ4n) is 0.972. The second kappa shape index (κ2) is 4.58. The average Bonchev–Trinajstić information content (AvgIpc) is 2.00. The summed E-state index contributed by atoms with van der Waals surface area (Å²) in [5.41, 5.74) is 0. The predicted molar refractivity (Wildman–Crippen MR) is 63.0 cm³/mol. The molecule has 0 heterocycles. The minimum atomic E-state index is -1.77. The predicted octanol–water partition coefficient (Wildman–Crippen LogP) is 3.38. The molecule has 0 unspecified atom stereocenters. The van der Waals surface area contributed by atoms with Crippen LogP contribution < -0.4 is 0 Å². The first kappa shape index (κ1) is 13.8. The van der Waals surface area contributed by atoms with E-state index in [2.05, 4.69) is 33.9 Å². The molecular weight excluding hydrogens is 192 g/mol. The van der Waals surface area contributed by atoms with Crippen molar-refractivity contribution in [2.45, 2.75) is 65.3 Å². The first-order chi connectivity index (χ1) is 6.12. The van der Waals surface area contributed by atoms with Crippen LogP contribution in [0.3, 0.4) is 0 Å². The van der Waals surface area contributed by atoms with Crippen molar-refractivity contribution in [3.63, 3.8) is 0 Å². The molecule has 0 N–H and O–H groups in total. The number of ketones is 1. The fraction of sp³-hybridized carbons (Fsp3) is 0.909. The van der Waals surface area contributed by atoms with E-state index in [0.29, 0.717) is 6.42 Å². The SMILES string of the molecule is CCC(=O)[C@@H](C)O[Si](C)(C)C(C)(C)C. The Bertz CT molecular complexity index is 204. The number of rotatable bonds is 4. The van der Waals surface area contributed by atoms with E-state index in [-0.39, 0.29) is 16.9 Å². The van der Waals surface area contributed by atoms with Gasteiger partial charge in [-0.1, -0.05) is 27.7 Å². The maximum atomic E-state index is 11.4. The summed E-state index contributed by atoms with van der Waals surface area (Å²) < 4.78 is 5.94. The molecule has 0 amide bonds. The zero-order valence-corrected chi connectivity index (χ0v) is 11.6. The van der Waals surface area contributed by atoms with Crippen LogP contribution in [0.1, 0.15) is 41.0 Å². The molecule has 0 fully saturated rings. The van der Waals surface area contributed by atoms with Gasteiger partial charge >= 0.3 is 0 Å². The summed E-state index contributed by atoms with van der Waals surface area (Å²) in [6.45, 7) is 14.6. The second-order valence-electron chi connectivity index (χ2n) is 5.34. The van der Waals surface area contributed by atoms with Gasteiger partial charge in [-0.2, -0.15) is 0 Å². The van der Waals surface area contributed by atoms with Gasteiger partial charge in [0.1, 0.15) is 6.10 Å². The summed E-state index contributed by atoms with van der Waals surface area (Å²) >= 11 is 0. The average molecular weight is 216 g/mol. The third kappa shape index (κ3) is 3.54. The fourth-order valence-corrected chi connectivity index (χ4v) is 2.34. The molecule has 0 aromatic rings. The van der Waals surface area contributed by atoms with Gasteiger partial charge in [0.05, 0.1) is 0 Å². The molecule has 0 aromatic carbocycles. The quantitative estimate of drug-likeness (QED) is 0.673. The smallest absolute Gasteiger partial charge is 0.193 e. The Balaban J connectivity index is 4.44. The topological polar surface area (TPSA) is 26.3 Å². The molecule has 14 heavy (non-hydrogen) atoms. The first-order valence-electron chi connectivity index (χ1n) is 5.32. The maximum absolute atomic E-state index is 11.4. The van der Waals surface area contributed by atoms with Gasteiger partial charge in [0.25, 0.3) is 0 Å². The van der Waals surface area contributed by atoms with Crippen molar-refractivity contribution in [2.75, 3.05) is 0 Å². The lowest BCUT2D eigenvalue weighted by Gasteiger charge is -2.38. The molecule has 0 aliphatic rings. The Morgan fingerprint density at radius 3 is 2.07 bits per heavy atom. The highest BCUT2D eigenvalue weighted by Crippen LogP contribution is 2.37. The number of hydrogen-bond donors (Lipinski definition) is 0. The number of carbonyl (C=O) groups is 1. The Hall–Kier alpha value is -0.153. The van der Waals surface area contributed by atoms with Crippen LogP contribution in [-0.2, 0) is 9.22 Å². The summed E-state index contributed by atoms with van der Waals surface area (Å²) in [5.74, 6) is 0.204. The molecule has 1 atom stereocenters. The van der Waals surface area contributed by atoms with E-state index >= 15 is 0 Å². The van der Waals surface area contributed by atoms with Crippen molar-refractivity contribution in [1.29, 1.82) is 0 Å². The van der Waals surface area contributed by atoms with E-state index in [0.717, 1.165) is 0 Å². The van der Waals surface area contributed by atoms with E-state index in [4.69, 9.17) is 4.43 Å². The van der Waals surface area contributed by atoms with E-state index in [1.54, 1.807) is 0 Å². The number of carbonyl (C=O) groups excluding carboxylic acids is 1. The van der Waals surface area contributed by atoms with Crippen molar-refractivity contribution in [2.24, 2.45) is 0 Å². The van der Waals surface area contributed by atoms with Crippen LogP contribution in [0.4, 0.5) is 0 Å². The van der Waals surface area contributed by atoms with Crippen molar-refractivity contribution >= 4 is 14.1 Å². The van der Waals surface area contributed by atoms with E-state index < -0.39 is 8.32 Å². The summed E-state index contributed by atoms with van der Waals surface area (Å²) in [6, 6.07) is 0. The Morgan fingerprint density at radius 2 is 1.79 bits per heavy atom. The van der Waals surface area contributed by atoms with Gasteiger partial charge in [-0.3, -0.25) is 4.79 Å². The Kier molecular flexibility index (Phi) is 4.53. The van der Waals surface area contributed by atoms with Crippen LogP contribution in [0.25, 0.3) is 0 Å². The van der Waals surface area contributed by atoms with Gasteiger partial charge in [0, 0.05) is 6.42 Å². The summed E-state index contributed by atoms with van der Waals surface area (Å²) in [7, 11) is -1.77. The van der Waals surface area contributed by atoms with Gasteiger partial charge in [-0.15, -0.1) is 0 Å². The molecule has 84 valence electrons. The molecule has 0 bridgehead atoms. The highest BCUT2D eigenvalue weighted by Gasteiger charge is 2.39. The lowest BCUT2D eigenvalue weighted by atomic mass is 10.2. The normalized spacial score (nSPS) is 15.4. The van der Waals surface area contributed by atoms with Crippen molar-refractivity contribution < 1.29 is 9.22 Å². The molecule has 0 radical (unpaired) electrons. The summed E-state index contributed by atoms with van der Waals surface area (Å²) in [6.07, 6.45) is 0.330. The van der Waals surface area contributed by atoms with Crippen LogP contribution in [0.15, 0.2) is 0 Å². The zero-order valence-electron chi connectivity index (χ0n) is 10.6. The standard InChI is InChI=1S/C11H24O2Si/c1-8-10(12)9(2)13-14(6,7)11(3,4)5/h9H,8H2,1-7H3/t9-/m1/s1. The highest BCUT2D eigenvalue weighted by molar-refractivity contribution is 6.74. The minimum Gasteiger partial charge on any atom is -0.407 e. The molecule has 3 heteroatoms. The van der Waals surface area contributed by atoms with Crippen LogP contribution in [0.2, 0.25) is 18.1 Å². The van der Waals surface area contributed by atoms with Gasteiger partial charge in [-0.25, -0.2) is 0 Å². The Morgan fingerprint density at radius 1 is 1.36 bits per heavy atom. The minimum absolute atomic E-state index is 0.176. The largest absolute Gasteiger partial charge is 0.407 e. The van der Waals surface area contributed by atoms with Crippen LogP contribution in [0.5, 0.6) is 0 Å². The lowest BCUT2D eigenvalue weighted by Crippen LogP contribution is -2.45. The highest BCUT2D eigenvalue weighted by atomic mass is 28.4. The molecule has 0 aliphatic heterocycles. The van der Waals surface area contributed by atoms with Crippen LogP contribution in [0, 0.1) is 0 Å². The van der Waals surface area contributed by atoms with Gasteiger partial charge < -0.3 is 4.43 Å². The molecule has 0 aliphatic carbocycles. The lowest BCUT2D eigenvalue weighted by molar-refractivity contribution is -0.125. The monoisotopic (exact) mass is 216 g/mol. The molecule has 0 saturated carbocycles. The molecule has 0 aromatic heterocycles. The summed E-state index contributed by atoms with van der Waals surface area (Å²) in [5, 5.41) is 0.176. The molecule has 0 spiro atoms. The van der Waals surface area contributed by atoms with Gasteiger partial charge in [0.2, 0.25) is 0 Å². The van der Waals surface area contributed by atoms with Gasteiger partial charge in [-0.05, 0) is 25.1 Å². The Labute approximate surface area is 89.2 Å². The molecule has 0 rings (SSSR count). The molecular formula is C11H24O2Si. The first-order valence-corrected chi connectivity index (χ1v) is 8.23. The van der Waals surface area contributed by atoms with Crippen LogP contribution in [-0.4, -0.2) is 20.2 Å². The van der Waals surface area contributed by atoms with Crippen molar-refractivity contribution in [3.05, 3.63) is 0 Å².